The lowest BCUT2D eigenvalue weighted by atomic mass is 10.0. The van der Waals surface area contributed by atoms with E-state index in [-0.39, 0.29) is 0 Å². The van der Waals surface area contributed by atoms with Crippen LogP contribution in [0.5, 0.6) is 0 Å². The highest BCUT2D eigenvalue weighted by atomic mass is 16.3. The van der Waals surface area contributed by atoms with Crippen molar-refractivity contribution in [3.63, 3.8) is 0 Å². The number of anilines is 3. The maximum Gasteiger partial charge on any atom is 0.0782 e. The molecular weight excluding hydrogens is 248 g/mol. The van der Waals surface area contributed by atoms with Gasteiger partial charge in [-0.15, -0.1) is 0 Å². The van der Waals surface area contributed by atoms with E-state index in [1.54, 1.807) is 0 Å². The number of hydrogen-bond acceptors (Lipinski definition) is 3. The van der Waals surface area contributed by atoms with E-state index >= 15 is 0 Å². The molecule has 0 aliphatic carbocycles. The van der Waals surface area contributed by atoms with Gasteiger partial charge in [-0.3, -0.25) is 0 Å². The van der Waals surface area contributed by atoms with Crippen LogP contribution in [0.15, 0.2) is 48.5 Å². The third kappa shape index (κ3) is 2.14. The van der Waals surface area contributed by atoms with Gasteiger partial charge in [0.05, 0.1) is 17.5 Å². The highest BCUT2D eigenvalue weighted by Crippen LogP contribution is 2.39. The Morgan fingerprint density at radius 3 is 2.20 bits per heavy atom. The fraction of sp³-hybridized carbons (Fsp3) is 0.294. The van der Waals surface area contributed by atoms with Gasteiger partial charge >= 0.3 is 0 Å². The van der Waals surface area contributed by atoms with E-state index in [0.717, 1.165) is 24.3 Å². The number of para-hydroxylation sites is 3. The predicted molar refractivity (Wildman–Crippen MR) is 83.8 cm³/mol. The summed E-state index contributed by atoms with van der Waals surface area (Å²) in [7, 11) is 2.12. The third-order valence-corrected chi connectivity index (χ3v) is 3.92. The molecule has 3 heteroatoms. The number of fused-ring (bicyclic) bond motifs is 1. The van der Waals surface area contributed by atoms with Gasteiger partial charge in [0.25, 0.3) is 0 Å². The molecule has 0 saturated carbocycles. The first-order valence-electron chi connectivity index (χ1n) is 7.03. The van der Waals surface area contributed by atoms with Crippen molar-refractivity contribution in [3.05, 3.63) is 54.1 Å². The molecule has 1 aliphatic rings. The van der Waals surface area contributed by atoms with Gasteiger partial charge in [0.15, 0.2) is 0 Å². The van der Waals surface area contributed by atoms with Gasteiger partial charge in [-0.05, 0) is 25.1 Å². The van der Waals surface area contributed by atoms with Crippen LogP contribution in [0, 0.1) is 0 Å². The van der Waals surface area contributed by atoms with Crippen LogP contribution in [0.25, 0.3) is 0 Å². The smallest absolute Gasteiger partial charge is 0.0782 e. The molecule has 0 bridgehead atoms. The molecule has 104 valence electrons. The molecule has 3 rings (SSSR count). The molecule has 1 aliphatic heterocycles. The number of rotatable bonds is 2. The van der Waals surface area contributed by atoms with Crippen LogP contribution in [0.3, 0.4) is 0 Å². The van der Waals surface area contributed by atoms with E-state index in [9.17, 15) is 5.11 Å². The summed E-state index contributed by atoms with van der Waals surface area (Å²) in [6.07, 6.45) is -0.460. The summed E-state index contributed by atoms with van der Waals surface area (Å²) in [5.41, 5.74) is 4.52. The van der Waals surface area contributed by atoms with Crippen molar-refractivity contribution < 1.29 is 5.11 Å². The van der Waals surface area contributed by atoms with Gasteiger partial charge in [-0.2, -0.15) is 0 Å². The Kier molecular flexibility index (Phi) is 3.36. The Bertz CT molecular complexity index is 609. The molecule has 1 heterocycles. The van der Waals surface area contributed by atoms with Gasteiger partial charge in [0.2, 0.25) is 0 Å². The number of nitrogens with zero attached hydrogens (tertiary/aromatic N) is 2. The molecule has 3 nitrogen and oxygen atoms in total. The molecule has 1 unspecified atom stereocenters. The van der Waals surface area contributed by atoms with Crippen molar-refractivity contribution in [2.75, 3.05) is 29.9 Å². The van der Waals surface area contributed by atoms with Crippen LogP contribution < -0.4 is 9.80 Å². The summed E-state index contributed by atoms with van der Waals surface area (Å²) in [6, 6.07) is 16.5. The zero-order valence-corrected chi connectivity index (χ0v) is 12.0. The molecule has 2 aromatic carbocycles. The van der Waals surface area contributed by atoms with Crippen molar-refractivity contribution in [2.24, 2.45) is 0 Å². The first-order chi connectivity index (χ1) is 9.68. The number of aliphatic hydroxyl groups is 1. The van der Waals surface area contributed by atoms with E-state index in [0.29, 0.717) is 0 Å². The number of hydrogen-bond donors (Lipinski definition) is 1. The van der Waals surface area contributed by atoms with Gasteiger partial charge < -0.3 is 14.9 Å². The minimum atomic E-state index is -0.460. The largest absolute Gasteiger partial charge is 0.389 e. The van der Waals surface area contributed by atoms with Gasteiger partial charge in [0, 0.05) is 31.4 Å². The average molecular weight is 268 g/mol. The summed E-state index contributed by atoms with van der Waals surface area (Å²) in [5.74, 6) is 0. The summed E-state index contributed by atoms with van der Waals surface area (Å²) < 4.78 is 0. The summed E-state index contributed by atoms with van der Waals surface area (Å²) >= 11 is 0. The quantitative estimate of drug-likeness (QED) is 0.905. The van der Waals surface area contributed by atoms with Crippen LogP contribution in [-0.2, 0) is 0 Å². The first kappa shape index (κ1) is 13.0. The molecular formula is C17H20N2O. The average Bonchev–Trinajstić information content (AvgIpc) is 2.48. The lowest BCUT2D eigenvalue weighted by Gasteiger charge is -2.38. The Morgan fingerprint density at radius 2 is 1.50 bits per heavy atom. The second kappa shape index (κ2) is 5.17. The van der Waals surface area contributed by atoms with E-state index in [1.807, 2.05) is 25.1 Å². The Balaban J connectivity index is 2.11. The molecule has 1 N–H and O–H groups in total. The van der Waals surface area contributed by atoms with E-state index in [1.165, 1.54) is 11.4 Å². The van der Waals surface area contributed by atoms with Crippen molar-refractivity contribution in [1.29, 1.82) is 0 Å². The highest BCUT2D eigenvalue weighted by Gasteiger charge is 2.23. The predicted octanol–water partition coefficient (Wildman–Crippen LogP) is 3.33. The maximum absolute atomic E-state index is 10.00. The maximum atomic E-state index is 10.00. The minimum Gasteiger partial charge on any atom is -0.389 e. The minimum absolute atomic E-state index is 0.460. The summed E-state index contributed by atoms with van der Waals surface area (Å²) in [6.45, 7) is 3.73. The molecule has 0 saturated heterocycles. The molecule has 0 spiro atoms. The van der Waals surface area contributed by atoms with Crippen LogP contribution in [0.4, 0.5) is 17.1 Å². The second-order valence-electron chi connectivity index (χ2n) is 5.30. The molecule has 0 amide bonds. The Labute approximate surface area is 120 Å². The second-order valence-corrected chi connectivity index (χ2v) is 5.30. The van der Waals surface area contributed by atoms with Crippen LogP contribution in [-0.4, -0.2) is 25.2 Å². The first-order valence-corrected chi connectivity index (χ1v) is 7.03. The van der Waals surface area contributed by atoms with Crippen LogP contribution in [0.1, 0.15) is 18.6 Å². The highest BCUT2D eigenvalue weighted by molar-refractivity contribution is 5.80. The lowest BCUT2D eigenvalue weighted by Crippen LogP contribution is -2.36. The van der Waals surface area contributed by atoms with Gasteiger partial charge in [-0.25, -0.2) is 0 Å². The fourth-order valence-electron chi connectivity index (χ4n) is 2.84. The van der Waals surface area contributed by atoms with Crippen LogP contribution >= 0.6 is 0 Å². The van der Waals surface area contributed by atoms with Crippen molar-refractivity contribution in [3.8, 4) is 0 Å². The normalized spacial score (nSPS) is 15.9. The van der Waals surface area contributed by atoms with Crippen molar-refractivity contribution >= 4 is 17.1 Å². The summed E-state index contributed by atoms with van der Waals surface area (Å²) in [4.78, 5) is 4.58. The lowest BCUT2D eigenvalue weighted by molar-refractivity contribution is 0.199. The molecule has 0 aromatic heterocycles. The summed E-state index contributed by atoms with van der Waals surface area (Å²) in [5, 5.41) is 10.00. The Morgan fingerprint density at radius 1 is 0.900 bits per heavy atom. The topological polar surface area (TPSA) is 26.7 Å². The molecule has 0 radical (unpaired) electrons. The van der Waals surface area contributed by atoms with Crippen molar-refractivity contribution in [2.45, 2.75) is 13.0 Å². The fourth-order valence-corrected chi connectivity index (χ4v) is 2.84. The molecule has 20 heavy (non-hydrogen) atoms. The monoisotopic (exact) mass is 268 g/mol. The van der Waals surface area contributed by atoms with E-state index in [2.05, 4.69) is 47.2 Å². The Hall–Kier alpha value is -2.00. The zero-order chi connectivity index (χ0) is 14.1. The van der Waals surface area contributed by atoms with Gasteiger partial charge in [-0.1, -0.05) is 30.3 Å². The number of aliphatic hydroxyl groups excluding tert-OH is 1. The SMILES string of the molecule is CC(O)c1ccccc1N1CCN(C)c2ccccc21. The molecule has 1 atom stereocenters. The molecule has 0 fully saturated rings. The standard InChI is InChI=1S/C17H20N2O/c1-13(20)14-7-3-4-8-15(14)19-12-11-18(2)16-9-5-6-10-17(16)19/h3-10,13,20H,11-12H2,1-2H3. The third-order valence-electron chi connectivity index (χ3n) is 3.92. The van der Waals surface area contributed by atoms with E-state index < -0.39 is 6.10 Å². The molecule has 2 aromatic rings. The number of benzene rings is 2. The van der Waals surface area contributed by atoms with Crippen LogP contribution in [0.2, 0.25) is 0 Å². The van der Waals surface area contributed by atoms with E-state index in [4.69, 9.17) is 0 Å². The zero-order valence-electron chi connectivity index (χ0n) is 12.0. The van der Waals surface area contributed by atoms with Gasteiger partial charge in [0.1, 0.15) is 0 Å². The van der Waals surface area contributed by atoms with Crippen molar-refractivity contribution in [1.82, 2.24) is 0 Å². The number of likely N-dealkylation sites (N-methyl/N-ethyl adjacent to an activating group) is 1.